The van der Waals surface area contributed by atoms with Crippen LogP contribution in [0.4, 0.5) is 0 Å². The Kier molecular flexibility index (Phi) is 4.11. The first-order chi connectivity index (χ1) is 8.96. The van der Waals surface area contributed by atoms with Crippen LogP contribution in [0.5, 0.6) is 0 Å². The maximum Gasteiger partial charge on any atom is 0.244 e. The molecule has 0 aliphatic carbocycles. The van der Waals surface area contributed by atoms with Gasteiger partial charge in [-0.1, -0.05) is 43.2 Å². The average Bonchev–Trinajstić information content (AvgIpc) is 2.72. The lowest BCUT2D eigenvalue weighted by Crippen LogP contribution is -2.40. The SMILES string of the molecule is CCCC1C=CC(C)N1S(=O)(=O)c1ccc(C)cc1. The molecule has 0 aromatic heterocycles. The van der Waals surface area contributed by atoms with Gasteiger partial charge in [-0.3, -0.25) is 0 Å². The third kappa shape index (κ3) is 2.74. The minimum atomic E-state index is -3.41. The first-order valence-corrected chi connectivity index (χ1v) is 8.19. The zero-order valence-electron chi connectivity index (χ0n) is 11.7. The molecule has 0 fully saturated rings. The lowest BCUT2D eigenvalue weighted by Gasteiger charge is -2.27. The second-order valence-corrected chi connectivity index (χ2v) is 6.97. The highest BCUT2D eigenvalue weighted by Gasteiger charge is 2.36. The third-order valence-corrected chi connectivity index (χ3v) is 5.55. The van der Waals surface area contributed by atoms with Crippen LogP contribution in [0.25, 0.3) is 0 Å². The normalized spacial score (nSPS) is 23.9. The highest BCUT2D eigenvalue weighted by Crippen LogP contribution is 2.28. The summed E-state index contributed by atoms with van der Waals surface area (Å²) in [5.74, 6) is 0. The lowest BCUT2D eigenvalue weighted by atomic mass is 10.2. The van der Waals surface area contributed by atoms with Crippen molar-refractivity contribution in [2.45, 2.75) is 50.6 Å². The molecule has 2 rings (SSSR count). The summed E-state index contributed by atoms with van der Waals surface area (Å²) in [6.45, 7) is 5.96. The first kappa shape index (κ1) is 14.3. The average molecular weight is 279 g/mol. The van der Waals surface area contributed by atoms with Gasteiger partial charge in [0.1, 0.15) is 0 Å². The minimum Gasteiger partial charge on any atom is -0.207 e. The van der Waals surface area contributed by atoms with Gasteiger partial charge in [0.25, 0.3) is 0 Å². The Morgan fingerprint density at radius 1 is 1.16 bits per heavy atom. The molecule has 4 heteroatoms. The van der Waals surface area contributed by atoms with Crippen molar-refractivity contribution in [3.05, 3.63) is 42.0 Å². The lowest BCUT2D eigenvalue weighted by molar-refractivity contribution is 0.339. The van der Waals surface area contributed by atoms with Crippen molar-refractivity contribution in [2.24, 2.45) is 0 Å². The van der Waals surface area contributed by atoms with Crippen LogP contribution in [0.15, 0.2) is 41.3 Å². The van der Waals surface area contributed by atoms with Crippen LogP contribution in [0.2, 0.25) is 0 Å². The molecule has 0 N–H and O–H groups in total. The van der Waals surface area contributed by atoms with Gasteiger partial charge in [-0.2, -0.15) is 4.31 Å². The topological polar surface area (TPSA) is 37.4 Å². The Bertz CT molecular complexity index is 560. The summed E-state index contributed by atoms with van der Waals surface area (Å²) < 4.78 is 27.1. The fraction of sp³-hybridized carbons (Fsp3) is 0.467. The summed E-state index contributed by atoms with van der Waals surface area (Å²) in [6.07, 6.45) is 5.83. The molecule has 2 atom stereocenters. The van der Waals surface area contributed by atoms with Crippen molar-refractivity contribution in [3.8, 4) is 0 Å². The monoisotopic (exact) mass is 279 g/mol. The summed E-state index contributed by atoms with van der Waals surface area (Å²) in [6, 6.07) is 7.00. The molecule has 1 aliphatic rings. The third-order valence-electron chi connectivity index (χ3n) is 3.52. The largest absolute Gasteiger partial charge is 0.244 e. The number of benzene rings is 1. The number of sulfonamides is 1. The van der Waals surface area contributed by atoms with E-state index in [1.807, 2.05) is 38.1 Å². The van der Waals surface area contributed by atoms with Gasteiger partial charge in [0.2, 0.25) is 10.0 Å². The number of rotatable bonds is 4. The van der Waals surface area contributed by atoms with Crippen molar-refractivity contribution < 1.29 is 8.42 Å². The quantitative estimate of drug-likeness (QED) is 0.794. The smallest absolute Gasteiger partial charge is 0.207 e. The molecule has 1 aromatic rings. The molecule has 1 aliphatic heterocycles. The number of hydrogen-bond acceptors (Lipinski definition) is 2. The van der Waals surface area contributed by atoms with Gasteiger partial charge in [0.05, 0.1) is 4.90 Å². The van der Waals surface area contributed by atoms with E-state index in [2.05, 4.69) is 6.92 Å². The molecule has 0 amide bonds. The van der Waals surface area contributed by atoms with Gasteiger partial charge in [-0.15, -0.1) is 0 Å². The van der Waals surface area contributed by atoms with E-state index >= 15 is 0 Å². The molecule has 19 heavy (non-hydrogen) atoms. The molecule has 0 saturated heterocycles. The van der Waals surface area contributed by atoms with Crippen LogP contribution in [0, 0.1) is 6.92 Å². The standard InChI is InChI=1S/C15H21NO2S/c1-4-5-14-9-8-13(3)16(14)19(17,18)15-10-6-12(2)7-11-15/h6-11,13-14H,4-5H2,1-3H3. The fourth-order valence-corrected chi connectivity index (χ4v) is 4.27. The van der Waals surface area contributed by atoms with E-state index in [-0.39, 0.29) is 12.1 Å². The van der Waals surface area contributed by atoms with Crippen LogP contribution in [-0.4, -0.2) is 24.8 Å². The van der Waals surface area contributed by atoms with Gasteiger partial charge in [-0.05, 0) is 32.4 Å². The highest BCUT2D eigenvalue weighted by atomic mass is 32.2. The van der Waals surface area contributed by atoms with E-state index in [0.717, 1.165) is 18.4 Å². The van der Waals surface area contributed by atoms with Crippen molar-refractivity contribution in [1.29, 1.82) is 0 Å². The molecule has 104 valence electrons. The van der Waals surface area contributed by atoms with Crippen LogP contribution in [0.1, 0.15) is 32.3 Å². The van der Waals surface area contributed by atoms with Crippen molar-refractivity contribution in [3.63, 3.8) is 0 Å². The molecule has 0 saturated carbocycles. The van der Waals surface area contributed by atoms with E-state index in [0.29, 0.717) is 4.90 Å². The second-order valence-electron chi connectivity index (χ2n) is 5.13. The molecule has 0 spiro atoms. The van der Waals surface area contributed by atoms with E-state index < -0.39 is 10.0 Å². The summed E-state index contributed by atoms with van der Waals surface area (Å²) in [5.41, 5.74) is 1.07. The van der Waals surface area contributed by atoms with E-state index in [4.69, 9.17) is 0 Å². The van der Waals surface area contributed by atoms with E-state index in [9.17, 15) is 8.42 Å². The summed E-state index contributed by atoms with van der Waals surface area (Å²) >= 11 is 0. The van der Waals surface area contributed by atoms with Crippen LogP contribution in [0.3, 0.4) is 0 Å². The molecule has 1 heterocycles. The Labute approximate surface area is 116 Å². The predicted octanol–water partition coefficient (Wildman–Crippen LogP) is 3.11. The Hall–Kier alpha value is -1.13. The van der Waals surface area contributed by atoms with Crippen LogP contribution in [-0.2, 0) is 10.0 Å². The summed E-state index contributed by atoms with van der Waals surface area (Å²) in [7, 11) is -3.41. The zero-order valence-corrected chi connectivity index (χ0v) is 12.5. The maximum atomic E-state index is 12.7. The van der Waals surface area contributed by atoms with E-state index in [1.165, 1.54) is 0 Å². The number of aryl methyl sites for hydroxylation is 1. The molecule has 1 aromatic carbocycles. The van der Waals surface area contributed by atoms with Gasteiger partial charge < -0.3 is 0 Å². The van der Waals surface area contributed by atoms with Gasteiger partial charge in [0.15, 0.2) is 0 Å². The molecule has 2 unspecified atom stereocenters. The minimum absolute atomic E-state index is 0.00805. The molecular formula is C15H21NO2S. The Morgan fingerprint density at radius 3 is 2.37 bits per heavy atom. The van der Waals surface area contributed by atoms with Crippen LogP contribution >= 0.6 is 0 Å². The van der Waals surface area contributed by atoms with Crippen molar-refractivity contribution in [2.75, 3.05) is 0 Å². The van der Waals surface area contributed by atoms with Crippen molar-refractivity contribution >= 4 is 10.0 Å². The predicted molar refractivity (Wildman–Crippen MR) is 77.5 cm³/mol. The number of hydrogen-bond donors (Lipinski definition) is 0. The van der Waals surface area contributed by atoms with Crippen molar-refractivity contribution in [1.82, 2.24) is 4.31 Å². The maximum absolute atomic E-state index is 12.7. The van der Waals surface area contributed by atoms with Gasteiger partial charge in [-0.25, -0.2) is 8.42 Å². The Balaban J connectivity index is 2.35. The molecule has 3 nitrogen and oxygen atoms in total. The van der Waals surface area contributed by atoms with Gasteiger partial charge >= 0.3 is 0 Å². The summed E-state index contributed by atoms with van der Waals surface area (Å²) in [4.78, 5) is 0.384. The summed E-state index contributed by atoms with van der Waals surface area (Å²) in [5, 5.41) is 0. The zero-order chi connectivity index (χ0) is 14.0. The van der Waals surface area contributed by atoms with E-state index in [1.54, 1.807) is 16.4 Å². The molecule has 0 bridgehead atoms. The second kappa shape index (κ2) is 5.47. The molecule has 0 radical (unpaired) electrons. The van der Waals surface area contributed by atoms with Crippen LogP contribution < -0.4 is 0 Å². The first-order valence-electron chi connectivity index (χ1n) is 6.75. The fourth-order valence-electron chi connectivity index (χ4n) is 2.51. The van der Waals surface area contributed by atoms with Gasteiger partial charge in [0, 0.05) is 12.1 Å². The highest BCUT2D eigenvalue weighted by molar-refractivity contribution is 7.89. The Morgan fingerprint density at radius 2 is 1.79 bits per heavy atom. The molecular weight excluding hydrogens is 258 g/mol. The number of nitrogens with zero attached hydrogens (tertiary/aromatic N) is 1.